The van der Waals surface area contributed by atoms with Gasteiger partial charge < -0.3 is 0 Å². The van der Waals surface area contributed by atoms with Crippen LogP contribution in [0.1, 0.15) is 42.5 Å². The van der Waals surface area contributed by atoms with Crippen molar-refractivity contribution >= 4 is 0 Å². The van der Waals surface area contributed by atoms with E-state index in [0.717, 1.165) is 11.8 Å². The summed E-state index contributed by atoms with van der Waals surface area (Å²) >= 11 is 0. The molecule has 15 heavy (non-hydrogen) atoms. The molecular weight excluding hydrogens is 182 g/mol. The van der Waals surface area contributed by atoms with Gasteiger partial charge in [-0.15, -0.1) is 0 Å². The molecule has 1 nitrogen and oxygen atoms in total. The minimum atomic E-state index is 0.920. The Labute approximate surface area is 91.9 Å². The average Bonchev–Trinajstić information content (AvgIpc) is 2.95. The third-order valence-corrected chi connectivity index (χ3v) is 4.05. The number of fused-ring (bicyclic) bond motifs is 1. The highest BCUT2D eigenvalue weighted by atomic mass is 14.7. The van der Waals surface area contributed by atoms with E-state index < -0.39 is 0 Å². The molecule has 1 fully saturated rings. The van der Waals surface area contributed by atoms with Crippen molar-refractivity contribution in [2.24, 2.45) is 11.8 Å². The van der Waals surface area contributed by atoms with E-state index in [0.29, 0.717) is 0 Å². The summed E-state index contributed by atoms with van der Waals surface area (Å²) in [4.78, 5) is 4.39. The Morgan fingerprint density at radius 1 is 1.20 bits per heavy atom. The van der Waals surface area contributed by atoms with Gasteiger partial charge in [0.15, 0.2) is 0 Å². The fourth-order valence-corrected chi connectivity index (χ4v) is 2.87. The predicted molar refractivity (Wildman–Crippen MR) is 61.8 cm³/mol. The molecule has 3 rings (SSSR count). The van der Waals surface area contributed by atoms with Gasteiger partial charge >= 0.3 is 0 Å². The van der Waals surface area contributed by atoms with E-state index in [4.69, 9.17) is 0 Å². The topological polar surface area (TPSA) is 12.9 Å². The molecule has 1 aromatic rings. The van der Waals surface area contributed by atoms with Crippen LogP contribution in [-0.4, -0.2) is 4.98 Å². The van der Waals surface area contributed by atoms with Crippen LogP contribution >= 0.6 is 0 Å². The van der Waals surface area contributed by atoms with Gasteiger partial charge in [-0.25, -0.2) is 0 Å². The monoisotopic (exact) mass is 201 g/mol. The SMILES string of the molecule is Cc1nccc2c1CC(CCC1CC1)C2. The number of aromatic nitrogens is 1. The zero-order valence-corrected chi connectivity index (χ0v) is 9.50. The summed E-state index contributed by atoms with van der Waals surface area (Å²) in [6.45, 7) is 2.15. The molecule has 0 aliphatic heterocycles. The lowest BCUT2D eigenvalue weighted by atomic mass is 9.98. The predicted octanol–water partition coefficient (Wildman–Crippen LogP) is 3.30. The molecule has 0 radical (unpaired) electrons. The van der Waals surface area contributed by atoms with Crippen molar-refractivity contribution in [2.45, 2.75) is 45.4 Å². The first kappa shape index (κ1) is 9.38. The van der Waals surface area contributed by atoms with Crippen LogP contribution in [0.25, 0.3) is 0 Å². The molecule has 0 bridgehead atoms. The summed E-state index contributed by atoms with van der Waals surface area (Å²) in [6.07, 6.45) is 10.5. The highest BCUT2D eigenvalue weighted by molar-refractivity contribution is 5.34. The summed E-state index contributed by atoms with van der Waals surface area (Å²) in [5.74, 6) is 2.01. The molecule has 2 aliphatic rings. The van der Waals surface area contributed by atoms with Crippen molar-refractivity contribution in [1.29, 1.82) is 0 Å². The summed E-state index contributed by atoms with van der Waals surface area (Å²) < 4.78 is 0. The normalized spacial score (nSPS) is 24.2. The number of hydrogen-bond acceptors (Lipinski definition) is 1. The van der Waals surface area contributed by atoms with Crippen molar-refractivity contribution in [3.63, 3.8) is 0 Å². The second-order valence-corrected chi connectivity index (χ2v) is 5.33. The Hall–Kier alpha value is -0.850. The smallest absolute Gasteiger partial charge is 0.0407 e. The summed E-state index contributed by atoms with van der Waals surface area (Å²) in [6, 6.07) is 2.22. The maximum absolute atomic E-state index is 4.39. The number of nitrogens with zero attached hydrogens (tertiary/aromatic N) is 1. The summed E-state index contributed by atoms with van der Waals surface area (Å²) in [7, 11) is 0. The van der Waals surface area contributed by atoms with Crippen LogP contribution in [0.5, 0.6) is 0 Å². The van der Waals surface area contributed by atoms with Gasteiger partial charge in [0.1, 0.15) is 0 Å². The van der Waals surface area contributed by atoms with Crippen LogP contribution in [0, 0.1) is 18.8 Å². The zero-order valence-electron chi connectivity index (χ0n) is 9.50. The molecule has 1 heterocycles. The van der Waals surface area contributed by atoms with Gasteiger partial charge in [-0.2, -0.15) is 0 Å². The highest BCUT2D eigenvalue weighted by Crippen LogP contribution is 2.38. The van der Waals surface area contributed by atoms with Crippen molar-refractivity contribution in [3.8, 4) is 0 Å². The zero-order chi connectivity index (χ0) is 10.3. The quantitative estimate of drug-likeness (QED) is 0.731. The largest absolute Gasteiger partial charge is 0.261 e. The van der Waals surface area contributed by atoms with Crippen LogP contribution < -0.4 is 0 Å². The fourth-order valence-electron chi connectivity index (χ4n) is 2.87. The van der Waals surface area contributed by atoms with Crippen LogP contribution in [0.15, 0.2) is 12.3 Å². The van der Waals surface area contributed by atoms with Crippen LogP contribution in [0.3, 0.4) is 0 Å². The van der Waals surface area contributed by atoms with E-state index >= 15 is 0 Å². The molecule has 1 atom stereocenters. The van der Waals surface area contributed by atoms with E-state index in [9.17, 15) is 0 Å². The molecule has 0 N–H and O–H groups in total. The lowest BCUT2D eigenvalue weighted by molar-refractivity contribution is 0.474. The molecule has 0 amide bonds. The number of rotatable bonds is 3. The van der Waals surface area contributed by atoms with Crippen LogP contribution in [0.4, 0.5) is 0 Å². The molecule has 1 heteroatoms. The van der Waals surface area contributed by atoms with Gasteiger partial charge in [-0.1, -0.05) is 19.3 Å². The molecule has 1 aromatic heterocycles. The standard InChI is InChI=1S/C14H19N/c1-10-14-9-12(5-4-11-2-3-11)8-13(14)6-7-15-10/h6-7,11-12H,2-5,8-9H2,1H3. The molecule has 80 valence electrons. The molecule has 0 saturated heterocycles. The lowest BCUT2D eigenvalue weighted by Gasteiger charge is -2.07. The minimum Gasteiger partial charge on any atom is -0.261 e. The third kappa shape index (κ3) is 1.92. The van der Waals surface area contributed by atoms with Gasteiger partial charge in [0.05, 0.1) is 0 Å². The highest BCUT2D eigenvalue weighted by Gasteiger charge is 2.26. The minimum absolute atomic E-state index is 0.920. The number of aryl methyl sites for hydroxylation is 1. The molecule has 0 aromatic carbocycles. The van der Waals surface area contributed by atoms with Crippen molar-refractivity contribution in [1.82, 2.24) is 4.98 Å². The number of pyridine rings is 1. The molecule has 1 unspecified atom stereocenters. The third-order valence-electron chi connectivity index (χ3n) is 4.05. The number of hydrogen-bond donors (Lipinski definition) is 0. The average molecular weight is 201 g/mol. The van der Waals surface area contributed by atoms with Gasteiger partial charge in [-0.05, 0) is 55.2 Å². The molecule has 0 spiro atoms. The lowest BCUT2D eigenvalue weighted by Crippen LogP contribution is -2.00. The van der Waals surface area contributed by atoms with E-state index in [1.807, 2.05) is 6.20 Å². The van der Waals surface area contributed by atoms with Gasteiger partial charge in [0, 0.05) is 11.9 Å². The first-order valence-corrected chi connectivity index (χ1v) is 6.26. The molecule has 2 aliphatic carbocycles. The van der Waals surface area contributed by atoms with E-state index in [1.54, 1.807) is 11.1 Å². The second-order valence-electron chi connectivity index (χ2n) is 5.33. The van der Waals surface area contributed by atoms with E-state index in [2.05, 4.69) is 18.0 Å². The Kier molecular flexibility index (Phi) is 2.27. The molecule has 1 saturated carbocycles. The van der Waals surface area contributed by atoms with Gasteiger partial charge in [-0.3, -0.25) is 4.98 Å². The second kappa shape index (κ2) is 3.62. The molecular formula is C14H19N. The summed E-state index contributed by atoms with van der Waals surface area (Å²) in [5.41, 5.74) is 4.39. The van der Waals surface area contributed by atoms with E-state index in [1.165, 1.54) is 44.2 Å². The van der Waals surface area contributed by atoms with Crippen LogP contribution in [0.2, 0.25) is 0 Å². The Balaban J connectivity index is 1.66. The first-order valence-electron chi connectivity index (χ1n) is 6.26. The van der Waals surface area contributed by atoms with Crippen LogP contribution in [-0.2, 0) is 12.8 Å². The Bertz CT molecular complexity index is 366. The van der Waals surface area contributed by atoms with Gasteiger partial charge in [0.25, 0.3) is 0 Å². The van der Waals surface area contributed by atoms with Crippen molar-refractivity contribution in [3.05, 3.63) is 29.1 Å². The maximum Gasteiger partial charge on any atom is 0.0407 e. The van der Waals surface area contributed by atoms with E-state index in [-0.39, 0.29) is 0 Å². The Morgan fingerprint density at radius 2 is 2.00 bits per heavy atom. The van der Waals surface area contributed by atoms with Crippen molar-refractivity contribution in [2.75, 3.05) is 0 Å². The van der Waals surface area contributed by atoms with Crippen molar-refractivity contribution < 1.29 is 0 Å². The maximum atomic E-state index is 4.39. The first-order chi connectivity index (χ1) is 7.33. The van der Waals surface area contributed by atoms with Gasteiger partial charge in [0.2, 0.25) is 0 Å². The summed E-state index contributed by atoms with van der Waals surface area (Å²) in [5, 5.41) is 0. The Morgan fingerprint density at radius 3 is 2.73 bits per heavy atom. The fraction of sp³-hybridized carbons (Fsp3) is 0.643.